The third-order valence-electron chi connectivity index (χ3n) is 1.92. The summed E-state index contributed by atoms with van der Waals surface area (Å²) in [6, 6.07) is 6.17. The second-order valence-corrected chi connectivity index (χ2v) is 3.10. The molecule has 0 N–H and O–H groups in total. The number of rotatable bonds is 2. The van der Waals surface area contributed by atoms with Gasteiger partial charge in [-0.25, -0.2) is 0 Å². The molecule has 0 unspecified atom stereocenters. The minimum Gasteiger partial charge on any atom is -0.497 e. The molecule has 1 rings (SSSR count). The van der Waals surface area contributed by atoms with E-state index in [1.165, 1.54) is 31.4 Å². The first-order valence-corrected chi connectivity index (χ1v) is 4.63. The molecule has 1 aromatic rings. The van der Waals surface area contributed by atoms with E-state index in [0.29, 0.717) is 5.75 Å². The number of nitriles is 1. The summed E-state index contributed by atoms with van der Waals surface area (Å²) >= 11 is 0. The molecule has 18 heavy (non-hydrogen) atoms. The van der Waals surface area contributed by atoms with Crippen LogP contribution in [0.1, 0.15) is 10.4 Å². The first-order chi connectivity index (χ1) is 8.38. The van der Waals surface area contributed by atoms with Gasteiger partial charge in [-0.2, -0.15) is 23.4 Å². The average Bonchev–Trinajstić information content (AvgIpc) is 2.34. The molecule has 0 aliphatic carbocycles. The molecule has 4 nitrogen and oxygen atoms in total. The Morgan fingerprint density at radius 2 is 1.89 bits per heavy atom. The van der Waals surface area contributed by atoms with Crippen LogP contribution < -0.4 is 4.74 Å². The number of aliphatic imine (C=N–C) groups is 1. The number of methoxy groups -OCH3 is 1. The zero-order chi connectivity index (χ0) is 13.8. The highest BCUT2D eigenvalue weighted by molar-refractivity contribution is 6.11. The third-order valence-corrected chi connectivity index (χ3v) is 1.92. The maximum Gasteiger partial charge on any atom is 0.443 e. The van der Waals surface area contributed by atoms with Crippen LogP contribution in [0.3, 0.4) is 0 Å². The van der Waals surface area contributed by atoms with Crippen LogP contribution in [-0.4, -0.2) is 24.9 Å². The van der Waals surface area contributed by atoms with E-state index in [0.717, 1.165) is 6.07 Å². The molecule has 0 fully saturated rings. The number of ether oxygens (including phenoxy) is 1. The van der Waals surface area contributed by atoms with Gasteiger partial charge in [0.1, 0.15) is 11.8 Å². The van der Waals surface area contributed by atoms with Gasteiger partial charge < -0.3 is 4.74 Å². The van der Waals surface area contributed by atoms with Gasteiger partial charge in [-0.3, -0.25) is 4.79 Å². The lowest BCUT2D eigenvalue weighted by Crippen LogP contribution is -2.22. The minimum absolute atomic E-state index is 0.0622. The fourth-order valence-electron chi connectivity index (χ4n) is 1.05. The van der Waals surface area contributed by atoms with Crippen molar-refractivity contribution in [2.45, 2.75) is 6.18 Å². The van der Waals surface area contributed by atoms with Gasteiger partial charge in [-0.15, -0.1) is 0 Å². The van der Waals surface area contributed by atoms with E-state index >= 15 is 0 Å². The molecule has 7 heteroatoms. The van der Waals surface area contributed by atoms with Crippen LogP contribution in [0.4, 0.5) is 13.2 Å². The Bertz CT molecular complexity index is 513. The molecule has 0 bridgehead atoms. The molecule has 0 atom stereocenters. The van der Waals surface area contributed by atoms with Gasteiger partial charge >= 0.3 is 6.18 Å². The average molecular weight is 256 g/mol. The Labute approximate surface area is 100 Å². The van der Waals surface area contributed by atoms with E-state index < -0.39 is 17.8 Å². The summed E-state index contributed by atoms with van der Waals surface area (Å²) < 4.78 is 41.4. The van der Waals surface area contributed by atoms with E-state index in [1.54, 1.807) is 0 Å². The minimum atomic E-state index is -4.93. The largest absolute Gasteiger partial charge is 0.497 e. The number of nitrogens with zero attached hydrogens (tertiary/aromatic N) is 2. The van der Waals surface area contributed by atoms with Crippen molar-refractivity contribution in [3.63, 3.8) is 0 Å². The number of carbonyl (C=O) groups excluding carboxylic acids is 1. The van der Waals surface area contributed by atoms with E-state index in [-0.39, 0.29) is 5.56 Å². The van der Waals surface area contributed by atoms with Crippen molar-refractivity contribution in [1.82, 2.24) is 0 Å². The van der Waals surface area contributed by atoms with Crippen molar-refractivity contribution >= 4 is 11.6 Å². The standard InChI is InChI=1S/C11H7F3N2O2/c1-18-8-4-2-7(3-5-8)10(17)16-9(6-15)11(12,13)14/h2-5H,1H3. The van der Waals surface area contributed by atoms with Crippen molar-refractivity contribution in [1.29, 1.82) is 5.26 Å². The quantitative estimate of drug-likeness (QED) is 0.763. The lowest BCUT2D eigenvalue weighted by atomic mass is 10.2. The van der Waals surface area contributed by atoms with Gasteiger partial charge in [0.25, 0.3) is 5.91 Å². The highest BCUT2D eigenvalue weighted by atomic mass is 19.4. The topological polar surface area (TPSA) is 62.4 Å². The van der Waals surface area contributed by atoms with Gasteiger partial charge in [0.15, 0.2) is 0 Å². The summed E-state index contributed by atoms with van der Waals surface area (Å²) in [4.78, 5) is 14.1. The molecule has 0 saturated heterocycles. The number of halogens is 3. The van der Waals surface area contributed by atoms with E-state index in [4.69, 9.17) is 10.00 Å². The van der Waals surface area contributed by atoms with E-state index in [1.807, 2.05) is 0 Å². The summed E-state index contributed by atoms with van der Waals surface area (Å²) in [5, 5.41) is 8.27. The van der Waals surface area contributed by atoms with Crippen molar-refractivity contribution in [3.8, 4) is 11.8 Å². The number of hydrogen-bond donors (Lipinski definition) is 0. The number of alkyl halides is 3. The zero-order valence-electron chi connectivity index (χ0n) is 9.15. The van der Waals surface area contributed by atoms with Crippen LogP contribution in [0.25, 0.3) is 0 Å². The van der Waals surface area contributed by atoms with Crippen molar-refractivity contribution in [2.24, 2.45) is 4.99 Å². The van der Waals surface area contributed by atoms with Gasteiger partial charge in [-0.05, 0) is 24.3 Å². The first-order valence-electron chi connectivity index (χ1n) is 4.63. The lowest BCUT2D eigenvalue weighted by molar-refractivity contribution is -0.0573. The van der Waals surface area contributed by atoms with Gasteiger partial charge in [-0.1, -0.05) is 0 Å². The molecular formula is C11H7F3N2O2. The molecule has 0 spiro atoms. The summed E-state index contributed by atoms with van der Waals surface area (Å²) in [7, 11) is 1.41. The Kier molecular flexibility index (Phi) is 4.05. The van der Waals surface area contributed by atoms with Crippen LogP contribution >= 0.6 is 0 Å². The summed E-state index contributed by atoms with van der Waals surface area (Å²) in [6.45, 7) is 0. The molecule has 0 heterocycles. The van der Waals surface area contributed by atoms with E-state index in [2.05, 4.69) is 4.99 Å². The second kappa shape index (κ2) is 5.31. The SMILES string of the molecule is COc1ccc(C(=O)N=C(C#N)C(F)(F)F)cc1. The predicted octanol–water partition coefficient (Wildman–Crippen LogP) is 2.36. The monoisotopic (exact) mass is 256 g/mol. The van der Waals surface area contributed by atoms with Crippen molar-refractivity contribution in [2.75, 3.05) is 7.11 Å². The Morgan fingerprint density at radius 1 is 1.33 bits per heavy atom. The Morgan fingerprint density at radius 3 is 2.28 bits per heavy atom. The molecule has 0 radical (unpaired) electrons. The maximum absolute atomic E-state index is 12.2. The Balaban J connectivity index is 3.01. The highest BCUT2D eigenvalue weighted by Gasteiger charge is 2.36. The normalized spacial score (nSPS) is 11.8. The number of amides is 1. The highest BCUT2D eigenvalue weighted by Crippen LogP contribution is 2.18. The van der Waals surface area contributed by atoms with Gasteiger partial charge in [0, 0.05) is 5.56 Å². The summed E-state index contributed by atoms with van der Waals surface area (Å²) in [5.74, 6) is -0.682. The molecular weight excluding hydrogens is 249 g/mol. The zero-order valence-corrected chi connectivity index (χ0v) is 9.15. The second-order valence-electron chi connectivity index (χ2n) is 3.10. The molecule has 1 aromatic carbocycles. The van der Waals surface area contributed by atoms with Crippen LogP contribution in [-0.2, 0) is 0 Å². The maximum atomic E-state index is 12.2. The Hall–Kier alpha value is -2.36. The molecule has 0 aliphatic heterocycles. The van der Waals surface area contributed by atoms with Crippen molar-refractivity contribution < 1.29 is 22.7 Å². The van der Waals surface area contributed by atoms with Crippen LogP contribution in [0.2, 0.25) is 0 Å². The number of benzene rings is 1. The number of hydrogen-bond acceptors (Lipinski definition) is 3. The fourth-order valence-corrected chi connectivity index (χ4v) is 1.05. The third kappa shape index (κ3) is 3.31. The summed E-state index contributed by atoms with van der Waals surface area (Å²) in [5.41, 5.74) is -1.84. The lowest BCUT2D eigenvalue weighted by Gasteiger charge is -2.03. The first kappa shape index (κ1) is 13.7. The molecule has 94 valence electrons. The van der Waals surface area contributed by atoms with Gasteiger partial charge in [0.05, 0.1) is 7.11 Å². The van der Waals surface area contributed by atoms with Crippen LogP contribution in [0, 0.1) is 11.3 Å². The molecule has 0 saturated carbocycles. The fraction of sp³-hybridized carbons (Fsp3) is 0.182. The molecule has 0 aliphatic rings. The van der Waals surface area contributed by atoms with Crippen LogP contribution in [0.5, 0.6) is 5.75 Å². The van der Waals surface area contributed by atoms with E-state index in [9.17, 15) is 18.0 Å². The summed E-state index contributed by atoms with van der Waals surface area (Å²) in [6.07, 6.45) is -4.93. The van der Waals surface area contributed by atoms with Gasteiger partial charge in [0.2, 0.25) is 5.71 Å². The predicted molar refractivity (Wildman–Crippen MR) is 56.4 cm³/mol. The van der Waals surface area contributed by atoms with Crippen LogP contribution in [0.15, 0.2) is 29.3 Å². The molecule has 0 aromatic heterocycles. The number of carbonyl (C=O) groups is 1. The van der Waals surface area contributed by atoms with Crippen molar-refractivity contribution in [3.05, 3.63) is 29.8 Å². The molecule has 1 amide bonds. The smallest absolute Gasteiger partial charge is 0.443 e.